The van der Waals surface area contributed by atoms with Crippen LogP contribution in [0.5, 0.6) is 0 Å². The number of hydrogen-bond acceptors (Lipinski definition) is 5. The van der Waals surface area contributed by atoms with Crippen LogP contribution < -0.4 is 5.73 Å². The van der Waals surface area contributed by atoms with E-state index >= 15 is 0 Å². The molecule has 1 unspecified atom stereocenters. The SMILES string of the molecule is Cc1ncc(-c2coc3c2C(=O)CC(N)C3)o1. The van der Waals surface area contributed by atoms with Crippen molar-refractivity contribution < 1.29 is 13.6 Å². The third-order valence-electron chi connectivity index (χ3n) is 2.93. The fourth-order valence-corrected chi connectivity index (χ4v) is 2.17. The first-order valence-electron chi connectivity index (χ1n) is 5.47. The van der Waals surface area contributed by atoms with Crippen LogP contribution in [0.2, 0.25) is 0 Å². The van der Waals surface area contributed by atoms with Crippen LogP contribution in [0, 0.1) is 6.92 Å². The van der Waals surface area contributed by atoms with Gasteiger partial charge in [0.15, 0.2) is 17.4 Å². The standard InChI is InChI=1S/C12H12N2O3/c1-6-14-4-11(17-6)8-5-16-10-3-7(13)2-9(15)12(8)10/h4-5,7H,2-3,13H2,1H3. The van der Waals surface area contributed by atoms with Crippen LogP contribution >= 0.6 is 0 Å². The van der Waals surface area contributed by atoms with Crippen molar-refractivity contribution in [3.05, 3.63) is 29.7 Å². The highest BCUT2D eigenvalue weighted by Crippen LogP contribution is 2.33. The first kappa shape index (κ1) is 10.3. The molecule has 0 fully saturated rings. The summed E-state index contributed by atoms with van der Waals surface area (Å²) in [6.07, 6.45) is 4.09. The average molecular weight is 232 g/mol. The molecule has 17 heavy (non-hydrogen) atoms. The lowest BCUT2D eigenvalue weighted by molar-refractivity contribution is 0.0962. The van der Waals surface area contributed by atoms with Crippen molar-refractivity contribution in [3.8, 4) is 11.3 Å². The molecule has 0 spiro atoms. The van der Waals surface area contributed by atoms with Gasteiger partial charge in [-0.25, -0.2) is 4.98 Å². The summed E-state index contributed by atoms with van der Waals surface area (Å²) in [7, 11) is 0. The molecule has 0 aromatic carbocycles. The zero-order valence-corrected chi connectivity index (χ0v) is 9.40. The molecule has 1 aliphatic rings. The predicted molar refractivity (Wildman–Crippen MR) is 59.6 cm³/mol. The lowest BCUT2D eigenvalue weighted by atomic mass is 9.90. The number of furan rings is 1. The molecule has 88 valence electrons. The predicted octanol–water partition coefficient (Wildman–Crippen LogP) is 1.70. The number of oxazole rings is 1. The van der Waals surface area contributed by atoms with Gasteiger partial charge in [0.05, 0.1) is 17.3 Å². The molecule has 0 radical (unpaired) electrons. The molecule has 1 aliphatic carbocycles. The van der Waals surface area contributed by atoms with Gasteiger partial charge in [-0.15, -0.1) is 0 Å². The number of carbonyl (C=O) groups excluding carboxylic acids is 1. The minimum atomic E-state index is -0.148. The summed E-state index contributed by atoms with van der Waals surface area (Å²) < 4.78 is 10.8. The summed E-state index contributed by atoms with van der Waals surface area (Å²) in [5, 5.41) is 0. The highest BCUT2D eigenvalue weighted by molar-refractivity contribution is 6.03. The third kappa shape index (κ3) is 1.59. The van der Waals surface area contributed by atoms with E-state index in [9.17, 15) is 4.79 Å². The lowest BCUT2D eigenvalue weighted by Gasteiger charge is -2.15. The van der Waals surface area contributed by atoms with E-state index < -0.39 is 0 Å². The van der Waals surface area contributed by atoms with Gasteiger partial charge in [-0.3, -0.25) is 4.79 Å². The number of carbonyl (C=O) groups is 1. The summed E-state index contributed by atoms with van der Waals surface area (Å²) in [6.45, 7) is 1.76. The fourth-order valence-electron chi connectivity index (χ4n) is 2.17. The highest BCUT2D eigenvalue weighted by atomic mass is 16.4. The van der Waals surface area contributed by atoms with Gasteiger partial charge in [0.1, 0.15) is 12.0 Å². The number of hydrogen-bond donors (Lipinski definition) is 1. The van der Waals surface area contributed by atoms with Gasteiger partial charge in [-0.1, -0.05) is 0 Å². The molecule has 2 N–H and O–H groups in total. The first-order chi connectivity index (χ1) is 8.15. The van der Waals surface area contributed by atoms with E-state index in [1.54, 1.807) is 19.4 Å². The Balaban J connectivity index is 2.12. The molecule has 3 rings (SSSR count). The number of aromatic nitrogens is 1. The van der Waals surface area contributed by atoms with E-state index in [1.807, 2.05) is 0 Å². The summed E-state index contributed by atoms with van der Waals surface area (Å²) in [5.74, 6) is 1.79. The van der Waals surface area contributed by atoms with Crippen LogP contribution in [0.4, 0.5) is 0 Å². The van der Waals surface area contributed by atoms with E-state index in [1.165, 1.54) is 0 Å². The van der Waals surface area contributed by atoms with Crippen LogP contribution in [0.3, 0.4) is 0 Å². The molecule has 0 bridgehead atoms. The molecule has 0 aliphatic heterocycles. The molecule has 5 nitrogen and oxygen atoms in total. The number of rotatable bonds is 1. The maximum Gasteiger partial charge on any atom is 0.191 e. The summed E-state index contributed by atoms with van der Waals surface area (Å²) in [5.41, 5.74) is 7.05. The fraction of sp³-hybridized carbons (Fsp3) is 0.333. The number of nitrogens with two attached hydrogens (primary N) is 1. The number of Topliss-reactive ketones (excluding diaryl/α,β-unsaturated/α-hetero) is 1. The summed E-state index contributed by atoms with van der Waals surface area (Å²) in [4.78, 5) is 16.0. The third-order valence-corrected chi connectivity index (χ3v) is 2.93. The second-order valence-electron chi connectivity index (χ2n) is 4.28. The zero-order valence-electron chi connectivity index (χ0n) is 9.40. The number of fused-ring (bicyclic) bond motifs is 1. The van der Waals surface area contributed by atoms with Crippen LogP contribution in [-0.2, 0) is 6.42 Å². The number of ketones is 1. The lowest BCUT2D eigenvalue weighted by Crippen LogP contribution is -2.31. The summed E-state index contributed by atoms with van der Waals surface area (Å²) >= 11 is 0. The Bertz CT molecular complexity index is 582. The minimum Gasteiger partial charge on any atom is -0.468 e. The molecule has 0 amide bonds. The Morgan fingerprint density at radius 2 is 2.29 bits per heavy atom. The van der Waals surface area contributed by atoms with Crippen LogP contribution in [0.1, 0.15) is 28.4 Å². The Labute approximate surface area is 97.6 Å². The maximum atomic E-state index is 12.0. The van der Waals surface area contributed by atoms with Gasteiger partial charge < -0.3 is 14.6 Å². The molecule has 5 heteroatoms. The average Bonchev–Trinajstić information content (AvgIpc) is 2.83. The normalized spacial score (nSPS) is 19.4. The van der Waals surface area contributed by atoms with E-state index in [-0.39, 0.29) is 11.8 Å². The van der Waals surface area contributed by atoms with Crippen LogP contribution in [0.25, 0.3) is 11.3 Å². The quantitative estimate of drug-likeness (QED) is 0.809. The van der Waals surface area contributed by atoms with E-state index in [0.29, 0.717) is 41.4 Å². The first-order valence-corrected chi connectivity index (χ1v) is 5.47. The van der Waals surface area contributed by atoms with Gasteiger partial charge >= 0.3 is 0 Å². The Morgan fingerprint density at radius 3 is 3.00 bits per heavy atom. The second kappa shape index (κ2) is 3.56. The van der Waals surface area contributed by atoms with Gasteiger partial charge in [0.25, 0.3) is 0 Å². The molecule has 2 heterocycles. The van der Waals surface area contributed by atoms with E-state index in [4.69, 9.17) is 14.6 Å². The highest BCUT2D eigenvalue weighted by Gasteiger charge is 2.30. The van der Waals surface area contributed by atoms with Crippen molar-refractivity contribution in [2.45, 2.75) is 25.8 Å². The topological polar surface area (TPSA) is 82.3 Å². The molecule has 2 aromatic rings. The number of aryl methyl sites for hydroxylation is 1. The Kier molecular flexibility index (Phi) is 2.16. The van der Waals surface area contributed by atoms with Crippen molar-refractivity contribution in [2.75, 3.05) is 0 Å². The van der Waals surface area contributed by atoms with Crippen molar-refractivity contribution >= 4 is 5.78 Å². The second-order valence-corrected chi connectivity index (χ2v) is 4.28. The molecule has 1 atom stereocenters. The molecule has 0 saturated carbocycles. The van der Waals surface area contributed by atoms with E-state index in [2.05, 4.69) is 4.98 Å². The van der Waals surface area contributed by atoms with Crippen molar-refractivity contribution in [1.29, 1.82) is 0 Å². The van der Waals surface area contributed by atoms with Crippen molar-refractivity contribution in [3.63, 3.8) is 0 Å². The summed E-state index contributed by atoms with van der Waals surface area (Å²) in [6, 6.07) is -0.148. The van der Waals surface area contributed by atoms with Crippen molar-refractivity contribution in [2.24, 2.45) is 5.73 Å². The van der Waals surface area contributed by atoms with Crippen LogP contribution in [-0.4, -0.2) is 16.8 Å². The smallest absolute Gasteiger partial charge is 0.191 e. The van der Waals surface area contributed by atoms with E-state index in [0.717, 1.165) is 0 Å². The molecule has 0 saturated heterocycles. The Morgan fingerprint density at radius 1 is 1.47 bits per heavy atom. The van der Waals surface area contributed by atoms with Crippen LogP contribution in [0.15, 0.2) is 21.3 Å². The largest absolute Gasteiger partial charge is 0.468 e. The maximum absolute atomic E-state index is 12.0. The number of nitrogens with zero attached hydrogens (tertiary/aromatic N) is 1. The minimum absolute atomic E-state index is 0.0107. The van der Waals surface area contributed by atoms with Gasteiger partial charge in [-0.05, 0) is 0 Å². The molecule has 2 aromatic heterocycles. The molecular weight excluding hydrogens is 220 g/mol. The van der Waals surface area contributed by atoms with Gasteiger partial charge in [0.2, 0.25) is 0 Å². The van der Waals surface area contributed by atoms with Gasteiger partial charge in [-0.2, -0.15) is 0 Å². The Hall–Kier alpha value is -1.88. The van der Waals surface area contributed by atoms with Crippen molar-refractivity contribution in [1.82, 2.24) is 4.98 Å². The monoisotopic (exact) mass is 232 g/mol. The molecular formula is C12H12N2O3. The zero-order chi connectivity index (χ0) is 12.0. The van der Waals surface area contributed by atoms with Gasteiger partial charge in [0, 0.05) is 25.8 Å².